The summed E-state index contributed by atoms with van der Waals surface area (Å²) in [6.45, 7) is 1.13. The number of esters is 1. The van der Waals surface area contributed by atoms with Crippen molar-refractivity contribution in [3.63, 3.8) is 0 Å². The van der Waals surface area contributed by atoms with Crippen molar-refractivity contribution in [3.8, 4) is 0 Å². The molecule has 0 saturated heterocycles. The van der Waals surface area contributed by atoms with E-state index in [4.69, 9.17) is 9.79 Å². The van der Waals surface area contributed by atoms with Crippen molar-refractivity contribution < 1.29 is 23.9 Å². The summed E-state index contributed by atoms with van der Waals surface area (Å²) in [6, 6.07) is 0. The van der Waals surface area contributed by atoms with E-state index in [0.717, 1.165) is 6.92 Å². The number of carbonyl (C=O) groups is 1. The first kappa shape index (κ1) is 11.3. The molecular weight excluding hydrogens is 229 g/mol. The molecule has 1 rings (SSSR count). The van der Waals surface area contributed by atoms with Gasteiger partial charge in [0.25, 0.3) is 0 Å². The number of rotatable bonds is 3. The van der Waals surface area contributed by atoms with Crippen molar-refractivity contribution in [1.29, 1.82) is 0 Å². The molecule has 0 radical (unpaired) electrons. The standard InChI is InChI=1S/C6H8NO5PS/c1-4(13(9,10)11)12-6(8)5-2-14-3-7-5/h2-4H,1H3,(H2,9,10,11). The second-order valence-electron chi connectivity index (χ2n) is 2.47. The van der Waals surface area contributed by atoms with E-state index in [9.17, 15) is 9.36 Å². The van der Waals surface area contributed by atoms with Gasteiger partial charge >= 0.3 is 13.6 Å². The van der Waals surface area contributed by atoms with E-state index in [1.165, 1.54) is 22.2 Å². The van der Waals surface area contributed by atoms with E-state index in [-0.39, 0.29) is 5.69 Å². The fourth-order valence-electron chi connectivity index (χ4n) is 0.597. The largest absolute Gasteiger partial charge is 0.445 e. The van der Waals surface area contributed by atoms with Crippen LogP contribution in [0, 0.1) is 0 Å². The molecule has 8 heteroatoms. The van der Waals surface area contributed by atoms with Crippen molar-refractivity contribution in [3.05, 3.63) is 16.6 Å². The minimum Gasteiger partial charge on any atom is -0.445 e. The van der Waals surface area contributed by atoms with Crippen molar-refractivity contribution in [2.75, 3.05) is 0 Å². The summed E-state index contributed by atoms with van der Waals surface area (Å²) in [7, 11) is -4.38. The van der Waals surface area contributed by atoms with Crippen LogP contribution < -0.4 is 0 Å². The van der Waals surface area contributed by atoms with E-state index in [2.05, 4.69) is 9.72 Å². The second kappa shape index (κ2) is 4.18. The van der Waals surface area contributed by atoms with Gasteiger partial charge in [-0.15, -0.1) is 11.3 Å². The van der Waals surface area contributed by atoms with Crippen LogP contribution in [-0.4, -0.2) is 26.6 Å². The molecule has 0 aliphatic rings. The quantitative estimate of drug-likeness (QED) is 0.596. The molecule has 14 heavy (non-hydrogen) atoms. The molecule has 1 heterocycles. The molecule has 78 valence electrons. The Morgan fingerprint density at radius 2 is 2.36 bits per heavy atom. The van der Waals surface area contributed by atoms with Crippen LogP contribution in [0.15, 0.2) is 10.9 Å². The maximum Gasteiger partial charge on any atom is 0.365 e. The number of hydrogen-bond acceptors (Lipinski definition) is 5. The van der Waals surface area contributed by atoms with Crippen LogP contribution in [0.1, 0.15) is 17.4 Å². The van der Waals surface area contributed by atoms with Gasteiger partial charge in [0, 0.05) is 5.38 Å². The van der Waals surface area contributed by atoms with E-state index in [1.807, 2.05) is 0 Å². The first-order chi connectivity index (χ1) is 6.41. The minimum absolute atomic E-state index is 0.0512. The van der Waals surface area contributed by atoms with Gasteiger partial charge in [0.15, 0.2) is 11.5 Å². The van der Waals surface area contributed by atoms with Gasteiger partial charge in [0.1, 0.15) is 0 Å². The maximum atomic E-state index is 11.1. The van der Waals surface area contributed by atoms with Crippen molar-refractivity contribution >= 4 is 24.9 Å². The Morgan fingerprint density at radius 1 is 1.71 bits per heavy atom. The molecule has 0 amide bonds. The highest BCUT2D eigenvalue weighted by molar-refractivity contribution is 7.52. The number of carbonyl (C=O) groups excluding carboxylic acids is 1. The lowest BCUT2D eigenvalue weighted by molar-refractivity contribution is 0.0423. The van der Waals surface area contributed by atoms with Gasteiger partial charge in [-0.05, 0) is 6.92 Å². The Morgan fingerprint density at radius 3 is 2.79 bits per heavy atom. The number of hydrogen-bond donors (Lipinski definition) is 2. The molecular formula is C6H8NO5PS. The van der Waals surface area contributed by atoms with Gasteiger partial charge in [-0.1, -0.05) is 0 Å². The van der Waals surface area contributed by atoms with Gasteiger partial charge < -0.3 is 14.5 Å². The van der Waals surface area contributed by atoms with Crippen molar-refractivity contribution in [2.24, 2.45) is 0 Å². The fraction of sp³-hybridized carbons (Fsp3) is 0.333. The normalized spacial score (nSPS) is 13.6. The SMILES string of the molecule is CC(OC(=O)c1cscn1)P(=O)(O)O. The Hall–Kier alpha value is -0.750. The van der Waals surface area contributed by atoms with Gasteiger partial charge in [-0.25, -0.2) is 9.78 Å². The molecule has 2 N–H and O–H groups in total. The number of thiazole rings is 1. The van der Waals surface area contributed by atoms with E-state index in [0.29, 0.717) is 0 Å². The van der Waals surface area contributed by atoms with E-state index in [1.54, 1.807) is 0 Å². The highest BCUT2D eigenvalue weighted by atomic mass is 32.1. The molecule has 0 saturated carbocycles. The third-order valence-electron chi connectivity index (χ3n) is 1.39. The molecule has 0 aliphatic heterocycles. The average Bonchev–Trinajstić information content (AvgIpc) is 2.53. The first-order valence-corrected chi connectivity index (χ1v) is 6.18. The lowest BCUT2D eigenvalue weighted by Crippen LogP contribution is -2.15. The summed E-state index contributed by atoms with van der Waals surface area (Å²) in [5.74, 6) is -2.28. The summed E-state index contributed by atoms with van der Waals surface area (Å²) in [5, 5.41) is 1.44. The molecule has 1 unspecified atom stereocenters. The molecule has 0 spiro atoms. The smallest absolute Gasteiger partial charge is 0.365 e. The Kier molecular flexibility index (Phi) is 3.38. The van der Waals surface area contributed by atoms with Gasteiger partial charge in [-0.3, -0.25) is 4.57 Å². The topological polar surface area (TPSA) is 96.7 Å². The van der Waals surface area contributed by atoms with Crippen LogP contribution >= 0.6 is 18.9 Å². The minimum atomic E-state index is -4.38. The van der Waals surface area contributed by atoms with Crippen LogP contribution in [0.25, 0.3) is 0 Å². The lowest BCUT2D eigenvalue weighted by atomic mass is 10.5. The monoisotopic (exact) mass is 237 g/mol. The van der Waals surface area contributed by atoms with Crippen LogP contribution in [0.3, 0.4) is 0 Å². The van der Waals surface area contributed by atoms with Gasteiger partial charge in [-0.2, -0.15) is 0 Å². The predicted octanol–water partition coefficient (Wildman–Crippen LogP) is 0.824. The Labute approximate surface area is 83.7 Å². The van der Waals surface area contributed by atoms with Crippen molar-refractivity contribution in [2.45, 2.75) is 12.8 Å². The molecule has 0 bridgehead atoms. The molecule has 1 atom stereocenters. The predicted molar refractivity (Wildman–Crippen MR) is 49.0 cm³/mol. The number of nitrogens with zero attached hydrogens (tertiary/aromatic N) is 1. The third kappa shape index (κ3) is 2.88. The van der Waals surface area contributed by atoms with Gasteiger partial charge in [0.2, 0.25) is 0 Å². The molecule has 0 fully saturated rings. The molecule has 6 nitrogen and oxygen atoms in total. The summed E-state index contributed by atoms with van der Waals surface area (Å²) < 4.78 is 15.1. The summed E-state index contributed by atoms with van der Waals surface area (Å²) in [6.07, 6.45) is 0. The van der Waals surface area contributed by atoms with Crippen LogP contribution in [0.2, 0.25) is 0 Å². The number of ether oxygens (including phenoxy) is 1. The average molecular weight is 237 g/mol. The third-order valence-corrected chi connectivity index (χ3v) is 3.03. The van der Waals surface area contributed by atoms with E-state index < -0.39 is 19.4 Å². The zero-order valence-corrected chi connectivity index (χ0v) is 8.86. The highest BCUT2D eigenvalue weighted by Crippen LogP contribution is 2.41. The molecule has 0 aromatic carbocycles. The molecule has 1 aromatic heterocycles. The Bertz CT molecular complexity index is 358. The molecule has 0 aliphatic carbocycles. The fourth-order valence-corrected chi connectivity index (χ4v) is 1.35. The second-order valence-corrected chi connectivity index (χ2v) is 5.09. The zero-order valence-electron chi connectivity index (χ0n) is 7.15. The zero-order chi connectivity index (χ0) is 10.8. The van der Waals surface area contributed by atoms with Crippen LogP contribution in [0.5, 0.6) is 0 Å². The lowest BCUT2D eigenvalue weighted by Gasteiger charge is -2.13. The van der Waals surface area contributed by atoms with Gasteiger partial charge in [0.05, 0.1) is 5.51 Å². The maximum absolute atomic E-state index is 11.1. The summed E-state index contributed by atoms with van der Waals surface area (Å²) in [4.78, 5) is 32.1. The van der Waals surface area contributed by atoms with E-state index >= 15 is 0 Å². The van der Waals surface area contributed by atoms with Crippen LogP contribution in [0.4, 0.5) is 0 Å². The van der Waals surface area contributed by atoms with Crippen LogP contribution in [-0.2, 0) is 9.30 Å². The van der Waals surface area contributed by atoms with Crippen molar-refractivity contribution in [1.82, 2.24) is 4.98 Å². The first-order valence-electron chi connectivity index (χ1n) is 3.55. The summed E-state index contributed by atoms with van der Waals surface area (Å²) in [5.41, 5.74) is 1.48. The highest BCUT2D eigenvalue weighted by Gasteiger charge is 2.28. The number of aromatic nitrogens is 1. The molecule has 1 aromatic rings. The summed E-state index contributed by atoms with van der Waals surface area (Å²) >= 11 is 1.20. The Balaban J connectivity index is 2.63.